The molecule has 2 bridgehead atoms. The zero-order chi connectivity index (χ0) is 29.0. The van der Waals surface area contributed by atoms with Crippen molar-refractivity contribution in [1.29, 1.82) is 5.26 Å². The number of hydrogen-bond donors (Lipinski definition) is 3. The van der Waals surface area contributed by atoms with Crippen LogP contribution < -0.4 is 5.73 Å². The number of aliphatic carboxylic acids is 1. The second-order valence-corrected chi connectivity index (χ2v) is 10.3. The molecule has 3 fully saturated rings. The van der Waals surface area contributed by atoms with E-state index in [0.29, 0.717) is 27.9 Å². The van der Waals surface area contributed by atoms with Gasteiger partial charge in [-0.15, -0.1) is 0 Å². The third kappa shape index (κ3) is 5.66. The third-order valence-corrected chi connectivity index (χ3v) is 7.96. The number of H-pyrrole nitrogens is 1. The summed E-state index contributed by atoms with van der Waals surface area (Å²) in [6.07, 6.45) is 7.41. The zero-order valence-corrected chi connectivity index (χ0v) is 23.1. The predicted octanol–water partition coefficient (Wildman–Crippen LogP) is 8.21. The van der Waals surface area contributed by atoms with Crippen molar-refractivity contribution in [2.24, 2.45) is 17.8 Å². The molecular weight excluding hydrogens is 534 g/mol. The highest BCUT2D eigenvalue weighted by Gasteiger charge is 2.39. The Morgan fingerprint density at radius 1 is 1.15 bits per heavy atom. The van der Waals surface area contributed by atoms with E-state index < -0.39 is 17.6 Å². The number of benzene rings is 2. The summed E-state index contributed by atoms with van der Waals surface area (Å²) in [5, 5.41) is 19.2. The molecule has 9 heteroatoms. The van der Waals surface area contributed by atoms with E-state index in [2.05, 4.69) is 9.97 Å². The minimum atomic E-state index is -0.773. The number of aromatic nitrogens is 2. The molecule has 208 valence electrons. The molecule has 4 aromatic rings. The maximum Gasteiger partial charge on any atom is 0.306 e. The van der Waals surface area contributed by atoms with Crippen LogP contribution in [-0.4, -0.2) is 21.0 Å². The Morgan fingerprint density at radius 3 is 2.38 bits per heavy atom. The number of fused-ring (bicyclic) bond motifs is 4. The number of carboxylic acids is 1. The average Bonchev–Trinajstić information content (AvgIpc) is 3.40. The topological polar surface area (TPSA) is 116 Å². The fourth-order valence-corrected chi connectivity index (χ4v) is 6.05. The number of nitrogen functional groups attached to an aromatic ring is 1. The smallest absolute Gasteiger partial charge is 0.306 e. The second-order valence-electron chi connectivity index (χ2n) is 9.86. The fourth-order valence-electron chi connectivity index (χ4n) is 5.79. The van der Waals surface area contributed by atoms with Crippen LogP contribution in [0.25, 0.3) is 33.3 Å². The summed E-state index contributed by atoms with van der Waals surface area (Å²) >= 11 is 6.08. The van der Waals surface area contributed by atoms with E-state index >= 15 is 0 Å². The molecule has 6 nitrogen and oxygen atoms in total. The van der Waals surface area contributed by atoms with E-state index in [9.17, 15) is 18.8 Å². The largest absolute Gasteiger partial charge is 0.481 e. The number of nitrogens with one attached hydrogen (secondary N) is 1. The van der Waals surface area contributed by atoms with Crippen LogP contribution in [0.15, 0.2) is 48.7 Å². The number of carbonyl (C=O) groups is 1. The van der Waals surface area contributed by atoms with Gasteiger partial charge in [-0.05, 0) is 48.8 Å². The van der Waals surface area contributed by atoms with Crippen LogP contribution in [0, 0.1) is 40.7 Å². The molecule has 3 aliphatic rings. The number of pyridine rings is 1. The Balaban J connectivity index is 0.000000236. The molecule has 3 aliphatic carbocycles. The van der Waals surface area contributed by atoms with Gasteiger partial charge in [0.1, 0.15) is 11.9 Å². The van der Waals surface area contributed by atoms with Gasteiger partial charge >= 0.3 is 5.97 Å². The van der Waals surface area contributed by atoms with Gasteiger partial charge in [-0.2, -0.15) is 5.26 Å². The molecule has 0 saturated heterocycles. The first kappa shape index (κ1) is 29.0. The molecule has 0 amide bonds. The van der Waals surface area contributed by atoms with Crippen LogP contribution in [0.4, 0.5) is 14.6 Å². The van der Waals surface area contributed by atoms with Gasteiger partial charge in [-0.3, -0.25) is 4.79 Å². The molecule has 0 spiro atoms. The van der Waals surface area contributed by atoms with E-state index in [0.717, 1.165) is 12.3 Å². The highest BCUT2D eigenvalue weighted by molar-refractivity contribution is 6.35. The number of nitrogens with zero attached hydrogens (tertiary/aromatic N) is 2. The lowest BCUT2D eigenvalue weighted by Crippen LogP contribution is -2.35. The van der Waals surface area contributed by atoms with E-state index in [1.807, 2.05) is 19.9 Å². The Morgan fingerprint density at radius 2 is 1.82 bits per heavy atom. The van der Waals surface area contributed by atoms with Crippen molar-refractivity contribution in [3.8, 4) is 28.5 Å². The summed E-state index contributed by atoms with van der Waals surface area (Å²) in [5.41, 5.74) is 7.39. The summed E-state index contributed by atoms with van der Waals surface area (Å²) in [6, 6.07) is 13.1. The molecule has 2 heterocycles. The van der Waals surface area contributed by atoms with Gasteiger partial charge < -0.3 is 15.8 Å². The number of rotatable bonds is 3. The molecule has 1 atom stereocenters. The lowest BCUT2D eigenvalue weighted by Gasteiger charge is -2.40. The van der Waals surface area contributed by atoms with Gasteiger partial charge in [-0.25, -0.2) is 13.8 Å². The molecule has 4 N–H and O–H groups in total. The van der Waals surface area contributed by atoms with E-state index in [1.165, 1.54) is 37.8 Å². The summed E-state index contributed by atoms with van der Waals surface area (Å²) in [5.74, 6) is -0.962. The lowest BCUT2D eigenvalue weighted by atomic mass is 9.65. The Hall–Kier alpha value is -3.96. The van der Waals surface area contributed by atoms with E-state index in [4.69, 9.17) is 22.4 Å². The van der Waals surface area contributed by atoms with Crippen LogP contribution in [0.5, 0.6) is 0 Å². The third-order valence-electron chi connectivity index (χ3n) is 7.66. The molecule has 2 aromatic carbocycles. The van der Waals surface area contributed by atoms with Crippen molar-refractivity contribution in [2.75, 3.05) is 5.73 Å². The van der Waals surface area contributed by atoms with Crippen LogP contribution in [0.2, 0.25) is 5.02 Å². The summed E-state index contributed by atoms with van der Waals surface area (Å²) in [4.78, 5) is 17.8. The van der Waals surface area contributed by atoms with Crippen molar-refractivity contribution < 1.29 is 18.7 Å². The zero-order valence-electron chi connectivity index (χ0n) is 22.3. The van der Waals surface area contributed by atoms with Crippen molar-refractivity contribution >= 4 is 34.3 Å². The number of carboxylic acid groups (broad SMARTS) is 1. The maximum atomic E-state index is 14.8. The summed E-state index contributed by atoms with van der Waals surface area (Å²) in [7, 11) is 0. The second kappa shape index (κ2) is 12.5. The molecule has 2 aromatic heterocycles. The molecule has 3 saturated carbocycles. The van der Waals surface area contributed by atoms with Crippen molar-refractivity contribution in [2.45, 2.75) is 46.0 Å². The van der Waals surface area contributed by atoms with Crippen molar-refractivity contribution in [3.63, 3.8) is 0 Å². The maximum absolute atomic E-state index is 14.8. The molecular formula is C31H31ClF2N4O2. The standard InChI is InChI=1S/C20H11ClF2N4.C9H14O2.C2H6/c21-15-7-11(22)6-12-14(9-26-19(12)15)18-13(8-24)16(17(23)20(25)27-18)10-4-2-1-3-5-10;10-9(11)8-5-6-1-3-7(8)4-2-6;1-2/h1-7,9,26H,(H2,25,27);6-8H,1-5H2,(H,10,11);1-2H3. The SMILES string of the molecule is CC.N#Cc1c(-c2c[nH]c3c(Cl)cc(F)cc23)nc(N)c(F)c1-c1ccccc1.O=C(O)C1CC2CCC1CC2. The summed E-state index contributed by atoms with van der Waals surface area (Å²) < 4.78 is 28.6. The van der Waals surface area contributed by atoms with Gasteiger partial charge in [-0.1, -0.05) is 68.6 Å². The quantitative estimate of drug-likeness (QED) is 0.232. The number of hydrogen-bond acceptors (Lipinski definition) is 4. The Kier molecular flexibility index (Phi) is 9.06. The predicted molar refractivity (Wildman–Crippen MR) is 154 cm³/mol. The van der Waals surface area contributed by atoms with Gasteiger partial charge in [0.05, 0.1) is 27.7 Å². The number of nitriles is 1. The van der Waals surface area contributed by atoms with Crippen molar-refractivity contribution in [3.05, 3.63) is 70.9 Å². The van der Waals surface area contributed by atoms with E-state index in [-0.39, 0.29) is 33.6 Å². The number of anilines is 1. The van der Waals surface area contributed by atoms with Gasteiger partial charge in [0.2, 0.25) is 0 Å². The minimum absolute atomic E-state index is 0.00231. The monoisotopic (exact) mass is 564 g/mol. The van der Waals surface area contributed by atoms with Gasteiger partial charge in [0.25, 0.3) is 0 Å². The van der Waals surface area contributed by atoms with Crippen LogP contribution in [-0.2, 0) is 4.79 Å². The normalized spacial score (nSPS) is 19.1. The van der Waals surface area contributed by atoms with Crippen molar-refractivity contribution in [1.82, 2.24) is 9.97 Å². The first-order valence-electron chi connectivity index (χ1n) is 13.4. The highest BCUT2D eigenvalue weighted by atomic mass is 35.5. The first-order valence-corrected chi connectivity index (χ1v) is 13.8. The fraction of sp³-hybridized carbons (Fsp3) is 0.323. The first-order chi connectivity index (χ1) is 19.3. The number of halogens is 3. The molecule has 40 heavy (non-hydrogen) atoms. The highest BCUT2D eigenvalue weighted by Crippen LogP contribution is 2.45. The molecule has 0 aliphatic heterocycles. The minimum Gasteiger partial charge on any atom is -0.481 e. The molecule has 1 unspecified atom stereocenters. The van der Waals surface area contributed by atoms with Crippen LogP contribution in [0.3, 0.4) is 0 Å². The van der Waals surface area contributed by atoms with E-state index in [1.54, 1.807) is 36.5 Å². The molecule has 7 rings (SSSR count). The average molecular weight is 565 g/mol. The van der Waals surface area contributed by atoms with Crippen LogP contribution >= 0.6 is 11.6 Å². The lowest BCUT2D eigenvalue weighted by molar-refractivity contribution is -0.147. The van der Waals surface area contributed by atoms with Gasteiger partial charge in [0.15, 0.2) is 11.6 Å². The van der Waals surface area contributed by atoms with Crippen LogP contribution in [0.1, 0.15) is 51.5 Å². The Bertz CT molecular complexity index is 1560. The van der Waals surface area contributed by atoms with Gasteiger partial charge in [0, 0.05) is 22.7 Å². The Labute approximate surface area is 236 Å². The number of nitrogens with two attached hydrogens (primary N) is 1. The summed E-state index contributed by atoms with van der Waals surface area (Å²) in [6.45, 7) is 4.00. The molecule has 0 radical (unpaired) electrons. The number of aromatic amines is 1.